The van der Waals surface area contributed by atoms with E-state index in [2.05, 4.69) is 91.0 Å². The standard InChI is InChI=1S/C45H22B5N3S/c46-37-36(38(47)40(49)41(50)39(37)48)45-52-43(23-9-2-1-3-10-23)51-44(53-45)33-16-8-15-32-31-20-18-25(22-35(31)54-42(32)33)24-17-19-30-28-13-5-4-11-26(28)27-12-6-7-14-29(27)34(30)21-24/h1-22H. The van der Waals surface area contributed by atoms with Crippen molar-refractivity contribution in [3.05, 3.63) is 133 Å². The van der Waals surface area contributed by atoms with E-state index in [1.807, 2.05) is 42.5 Å². The summed E-state index contributed by atoms with van der Waals surface area (Å²) in [4.78, 5) is 14.8. The Morgan fingerprint density at radius 2 is 0.852 bits per heavy atom. The van der Waals surface area contributed by atoms with Crippen LogP contribution in [-0.2, 0) is 0 Å². The van der Waals surface area contributed by atoms with Crippen LogP contribution in [0.5, 0.6) is 0 Å². The zero-order valence-electron chi connectivity index (χ0n) is 28.8. The first-order chi connectivity index (χ1) is 26.4. The van der Waals surface area contributed by atoms with Gasteiger partial charge in [-0.15, -0.1) is 27.7 Å². The predicted molar refractivity (Wildman–Crippen MR) is 234 cm³/mol. The molecule has 0 atom stereocenters. The first kappa shape index (κ1) is 32.7. The second kappa shape index (κ2) is 12.6. The van der Waals surface area contributed by atoms with E-state index in [9.17, 15) is 0 Å². The molecule has 8 aromatic carbocycles. The lowest BCUT2D eigenvalue weighted by atomic mass is 9.60. The van der Waals surface area contributed by atoms with Gasteiger partial charge in [-0.25, -0.2) is 15.0 Å². The van der Waals surface area contributed by atoms with Gasteiger partial charge in [0, 0.05) is 36.9 Å². The molecule has 0 spiro atoms. The summed E-state index contributed by atoms with van der Waals surface area (Å²) in [6.07, 6.45) is 0. The van der Waals surface area contributed by atoms with E-state index in [0.717, 1.165) is 42.4 Å². The summed E-state index contributed by atoms with van der Waals surface area (Å²) in [6.45, 7) is 0. The normalized spacial score (nSPS) is 11.7. The van der Waals surface area contributed by atoms with Crippen molar-refractivity contribution in [2.75, 3.05) is 0 Å². The van der Waals surface area contributed by atoms with Crippen molar-refractivity contribution in [1.29, 1.82) is 0 Å². The Bertz CT molecular complexity index is 3120. The largest absolute Gasteiger partial charge is 0.208 e. The van der Waals surface area contributed by atoms with Gasteiger partial charge in [0.15, 0.2) is 17.5 Å². The summed E-state index contributed by atoms with van der Waals surface area (Å²) in [5, 5.41) is 9.80. The maximum atomic E-state index is 6.51. The molecule has 0 N–H and O–H groups in total. The Morgan fingerprint density at radius 3 is 1.52 bits per heavy atom. The summed E-state index contributed by atoms with van der Waals surface area (Å²) in [7, 11) is 31.7. The number of hydrogen-bond donors (Lipinski definition) is 0. The molecule has 9 heteroatoms. The van der Waals surface area contributed by atoms with Crippen LogP contribution < -0.4 is 27.3 Å². The first-order valence-corrected chi connectivity index (χ1v) is 18.3. The van der Waals surface area contributed by atoms with Gasteiger partial charge in [0.25, 0.3) is 0 Å². The van der Waals surface area contributed by atoms with Crippen LogP contribution in [0.1, 0.15) is 0 Å². The molecule has 0 amide bonds. The number of aromatic nitrogens is 3. The summed E-state index contributed by atoms with van der Waals surface area (Å²) in [5.41, 5.74) is 5.02. The van der Waals surface area contributed by atoms with Gasteiger partial charge in [0.1, 0.15) is 39.2 Å². The second-order valence-corrected chi connectivity index (χ2v) is 14.5. The molecule has 2 heterocycles. The van der Waals surface area contributed by atoms with Crippen LogP contribution in [0.2, 0.25) is 0 Å². The zero-order valence-corrected chi connectivity index (χ0v) is 29.7. The Kier molecular flexibility index (Phi) is 7.64. The minimum absolute atomic E-state index is 0.131. The summed E-state index contributed by atoms with van der Waals surface area (Å²) in [6, 6.07) is 46.8. The van der Waals surface area contributed by atoms with Gasteiger partial charge >= 0.3 is 0 Å². The van der Waals surface area contributed by atoms with E-state index in [1.165, 1.54) is 32.3 Å². The van der Waals surface area contributed by atoms with Gasteiger partial charge in [0.05, 0.1) is 0 Å². The first-order valence-electron chi connectivity index (χ1n) is 17.5. The van der Waals surface area contributed by atoms with Crippen LogP contribution in [0.4, 0.5) is 0 Å². The Morgan fingerprint density at radius 1 is 0.352 bits per heavy atom. The predicted octanol–water partition coefficient (Wildman–Crippen LogP) is 6.34. The highest BCUT2D eigenvalue weighted by Gasteiger charge is 2.20. The average Bonchev–Trinajstić information content (AvgIpc) is 3.61. The van der Waals surface area contributed by atoms with Crippen molar-refractivity contribution >= 4 is 130 Å². The average molecular weight is 691 g/mol. The lowest BCUT2D eigenvalue weighted by molar-refractivity contribution is 1.08. The molecular formula is C45H22B5N3S. The fraction of sp³-hybridized carbons (Fsp3) is 0. The Hall–Kier alpha value is -5.91. The van der Waals surface area contributed by atoms with Crippen molar-refractivity contribution in [2.45, 2.75) is 0 Å². The molecular weight excluding hydrogens is 669 g/mol. The summed E-state index contributed by atoms with van der Waals surface area (Å²) in [5.74, 6) is 1.18. The number of rotatable bonds is 4. The summed E-state index contributed by atoms with van der Waals surface area (Å²) < 4.78 is 2.21. The smallest absolute Gasteiger partial charge is 0.165 e. The van der Waals surface area contributed by atoms with Crippen LogP contribution in [0.25, 0.3) is 97.8 Å². The molecule has 0 saturated carbocycles. The van der Waals surface area contributed by atoms with Crippen LogP contribution in [0, 0.1) is 0 Å². The third-order valence-electron chi connectivity index (χ3n) is 10.4. The molecule has 10 aromatic rings. The molecule has 54 heavy (non-hydrogen) atoms. The van der Waals surface area contributed by atoms with Crippen molar-refractivity contribution in [2.24, 2.45) is 0 Å². The van der Waals surface area contributed by atoms with Gasteiger partial charge in [-0.1, -0.05) is 126 Å². The molecule has 10 rings (SSSR count). The van der Waals surface area contributed by atoms with Gasteiger partial charge in [-0.2, -0.15) is 0 Å². The van der Waals surface area contributed by atoms with Crippen LogP contribution >= 0.6 is 11.3 Å². The molecule has 0 aliphatic rings. The van der Waals surface area contributed by atoms with Crippen molar-refractivity contribution < 1.29 is 0 Å². The molecule has 2 aromatic heterocycles. The van der Waals surface area contributed by atoms with E-state index in [0.29, 0.717) is 17.2 Å². The molecule has 0 bridgehead atoms. The van der Waals surface area contributed by atoms with Crippen LogP contribution in [0.15, 0.2) is 133 Å². The zero-order chi connectivity index (χ0) is 36.7. The highest BCUT2D eigenvalue weighted by atomic mass is 32.1. The van der Waals surface area contributed by atoms with Crippen molar-refractivity contribution in [3.8, 4) is 45.3 Å². The maximum Gasteiger partial charge on any atom is 0.165 e. The molecule has 10 radical (unpaired) electrons. The summed E-state index contributed by atoms with van der Waals surface area (Å²) >= 11 is 1.71. The van der Waals surface area contributed by atoms with Crippen LogP contribution in [-0.4, -0.2) is 54.2 Å². The van der Waals surface area contributed by atoms with Gasteiger partial charge < -0.3 is 0 Å². The van der Waals surface area contributed by atoms with E-state index >= 15 is 0 Å². The molecule has 238 valence electrons. The molecule has 0 fully saturated rings. The molecule has 0 unspecified atom stereocenters. The Balaban J connectivity index is 1.15. The second-order valence-electron chi connectivity index (χ2n) is 13.5. The lowest BCUT2D eigenvalue weighted by Crippen LogP contribution is -2.55. The molecule has 0 aliphatic heterocycles. The lowest BCUT2D eigenvalue weighted by Gasteiger charge is -2.20. The third-order valence-corrected chi connectivity index (χ3v) is 11.6. The molecule has 3 nitrogen and oxygen atoms in total. The highest BCUT2D eigenvalue weighted by Crippen LogP contribution is 2.42. The minimum atomic E-state index is 0.131. The Labute approximate surface area is 322 Å². The highest BCUT2D eigenvalue weighted by molar-refractivity contribution is 7.26. The SMILES string of the molecule is [B]c1c([B])c([B])c(-c2nc(-c3ccccc3)nc(-c3cccc4c3sc3cc(-c5ccc6c7ccccc7c7ccccc7c6c5)ccc34)n2)c([B])c1[B]. The van der Waals surface area contributed by atoms with Crippen molar-refractivity contribution in [3.63, 3.8) is 0 Å². The topological polar surface area (TPSA) is 38.7 Å². The monoisotopic (exact) mass is 691 g/mol. The van der Waals surface area contributed by atoms with Gasteiger partial charge in [-0.05, 0) is 61.6 Å². The fourth-order valence-corrected chi connectivity index (χ4v) is 8.91. The number of thiophene rings is 1. The molecule has 0 aliphatic carbocycles. The minimum Gasteiger partial charge on any atom is -0.208 e. The van der Waals surface area contributed by atoms with E-state index in [1.54, 1.807) is 11.3 Å². The van der Waals surface area contributed by atoms with E-state index in [4.69, 9.17) is 54.2 Å². The third kappa shape index (κ3) is 5.06. The molecule has 0 saturated heterocycles. The maximum absolute atomic E-state index is 6.51. The van der Waals surface area contributed by atoms with Crippen molar-refractivity contribution in [1.82, 2.24) is 15.0 Å². The van der Waals surface area contributed by atoms with Gasteiger partial charge in [0.2, 0.25) is 0 Å². The number of benzene rings is 8. The quantitative estimate of drug-likeness (QED) is 0.160. The number of hydrogen-bond acceptors (Lipinski definition) is 4. The van der Waals surface area contributed by atoms with E-state index < -0.39 is 0 Å². The fourth-order valence-electron chi connectivity index (χ4n) is 7.66. The van der Waals surface area contributed by atoms with E-state index in [-0.39, 0.29) is 33.1 Å². The van der Waals surface area contributed by atoms with Gasteiger partial charge in [-0.3, -0.25) is 0 Å². The number of fused-ring (bicyclic) bond motifs is 9. The van der Waals surface area contributed by atoms with Crippen LogP contribution in [0.3, 0.4) is 0 Å². The number of nitrogens with zero attached hydrogens (tertiary/aromatic N) is 3.